The number of anilines is 1. The highest BCUT2D eigenvalue weighted by molar-refractivity contribution is 9.10. The molecule has 7 nitrogen and oxygen atoms in total. The van der Waals surface area contributed by atoms with Crippen LogP contribution in [0.15, 0.2) is 93.5 Å². The lowest BCUT2D eigenvalue weighted by molar-refractivity contribution is -0.132. The van der Waals surface area contributed by atoms with E-state index < -0.39 is 17.7 Å². The Kier molecular flexibility index (Phi) is 6.76. The number of nitrogens with zero attached hydrogens (tertiary/aromatic N) is 4. The monoisotopic (exact) mass is 564 g/mol. The van der Waals surface area contributed by atoms with E-state index in [4.69, 9.17) is 0 Å². The standard InChI is InChI=1S/C25H17BrN4O3S2/c26-18-8-6-17(7-9-18)21(31)19-20(16-10-12-27-13-11-16)30(23(33)22(19)32)24-28-29-25(35-24)34-14-15-4-2-1-3-5-15/h1-13,20,31H,14H2/b21-19-. The van der Waals surface area contributed by atoms with Crippen molar-refractivity contribution < 1.29 is 14.7 Å². The summed E-state index contributed by atoms with van der Waals surface area (Å²) in [5, 5.41) is 19.9. The van der Waals surface area contributed by atoms with Crippen molar-refractivity contribution in [2.75, 3.05) is 4.90 Å². The van der Waals surface area contributed by atoms with Crippen molar-refractivity contribution in [1.29, 1.82) is 0 Å². The highest BCUT2D eigenvalue weighted by Crippen LogP contribution is 2.43. The fraction of sp³-hybridized carbons (Fsp3) is 0.0800. The van der Waals surface area contributed by atoms with Gasteiger partial charge in [-0.2, -0.15) is 0 Å². The molecule has 1 saturated heterocycles. The number of carbonyl (C=O) groups is 2. The number of amides is 1. The van der Waals surface area contributed by atoms with Crippen molar-refractivity contribution in [3.63, 3.8) is 0 Å². The number of carbonyl (C=O) groups excluding carboxylic acids is 2. The molecule has 1 aliphatic heterocycles. The van der Waals surface area contributed by atoms with Gasteiger partial charge in [0.05, 0.1) is 11.6 Å². The second-order valence-corrected chi connectivity index (χ2v) is 10.7. The van der Waals surface area contributed by atoms with Crippen LogP contribution >= 0.6 is 39.0 Å². The average molecular weight is 565 g/mol. The van der Waals surface area contributed by atoms with Crippen LogP contribution in [0.3, 0.4) is 0 Å². The maximum atomic E-state index is 13.2. The number of hydrogen-bond donors (Lipinski definition) is 1. The van der Waals surface area contributed by atoms with Crippen LogP contribution in [-0.4, -0.2) is 32.0 Å². The molecule has 0 aliphatic carbocycles. The minimum Gasteiger partial charge on any atom is -0.507 e. The summed E-state index contributed by atoms with van der Waals surface area (Å²) >= 11 is 6.10. The molecule has 2 aromatic carbocycles. The Hall–Kier alpha value is -3.34. The summed E-state index contributed by atoms with van der Waals surface area (Å²) in [6, 6.07) is 19.4. The zero-order chi connectivity index (χ0) is 24.4. The summed E-state index contributed by atoms with van der Waals surface area (Å²) in [4.78, 5) is 31.8. The highest BCUT2D eigenvalue weighted by Gasteiger charge is 2.48. The number of halogens is 1. The first-order valence-electron chi connectivity index (χ1n) is 10.5. The molecule has 1 amide bonds. The van der Waals surface area contributed by atoms with Gasteiger partial charge in [-0.05, 0) is 35.4 Å². The van der Waals surface area contributed by atoms with Gasteiger partial charge in [0, 0.05) is 28.2 Å². The van der Waals surface area contributed by atoms with Gasteiger partial charge in [-0.1, -0.05) is 81.5 Å². The van der Waals surface area contributed by atoms with E-state index in [0.29, 0.717) is 26.4 Å². The molecule has 2 aromatic heterocycles. The molecule has 1 aliphatic rings. The van der Waals surface area contributed by atoms with Crippen LogP contribution in [0.1, 0.15) is 22.7 Å². The summed E-state index contributed by atoms with van der Waals surface area (Å²) in [5.74, 6) is -1.09. The lowest BCUT2D eigenvalue weighted by atomic mass is 9.96. The zero-order valence-corrected chi connectivity index (χ0v) is 21.3. The Balaban J connectivity index is 1.53. The van der Waals surface area contributed by atoms with E-state index in [9.17, 15) is 14.7 Å². The van der Waals surface area contributed by atoms with Crippen molar-refractivity contribution in [3.8, 4) is 0 Å². The third kappa shape index (κ3) is 4.77. The third-order valence-corrected chi connectivity index (χ3v) is 8.05. The Morgan fingerprint density at radius 3 is 2.43 bits per heavy atom. The van der Waals surface area contributed by atoms with E-state index >= 15 is 0 Å². The molecule has 174 valence electrons. The summed E-state index contributed by atoms with van der Waals surface area (Å²) < 4.78 is 1.50. The minimum atomic E-state index is -0.860. The minimum absolute atomic E-state index is 0.00258. The van der Waals surface area contributed by atoms with E-state index in [0.717, 1.165) is 10.0 Å². The second kappa shape index (κ2) is 10.1. The number of ketones is 1. The molecule has 4 aromatic rings. The van der Waals surface area contributed by atoms with Crippen molar-refractivity contribution in [3.05, 3.63) is 106 Å². The van der Waals surface area contributed by atoms with Gasteiger partial charge in [0.1, 0.15) is 5.76 Å². The highest BCUT2D eigenvalue weighted by atomic mass is 79.9. The van der Waals surface area contributed by atoms with Gasteiger partial charge in [0.2, 0.25) is 5.13 Å². The molecule has 0 saturated carbocycles. The van der Waals surface area contributed by atoms with E-state index in [1.54, 1.807) is 48.8 Å². The number of aliphatic hydroxyl groups excluding tert-OH is 1. The number of benzene rings is 2. The van der Waals surface area contributed by atoms with Gasteiger partial charge < -0.3 is 5.11 Å². The molecular weight excluding hydrogens is 548 g/mol. The van der Waals surface area contributed by atoms with Crippen LogP contribution < -0.4 is 4.90 Å². The molecule has 1 atom stereocenters. The maximum Gasteiger partial charge on any atom is 0.301 e. The molecule has 3 heterocycles. The van der Waals surface area contributed by atoms with E-state index in [-0.39, 0.29) is 11.3 Å². The van der Waals surface area contributed by atoms with Crippen molar-refractivity contribution in [2.45, 2.75) is 16.1 Å². The number of thioether (sulfide) groups is 1. The predicted molar refractivity (Wildman–Crippen MR) is 139 cm³/mol. The van der Waals surface area contributed by atoms with Crippen LogP contribution in [0.25, 0.3) is 5.76 Å². The molecule has 10 heteroatoms. The number of pyridine rings is 1. The number of hydrogen-bond acceptors (Lipinski definition) is 8. The Bertz CT molecular complexity index is 1410. The van der Waals surface area contributed by atoms with E-state index in [1.165, 1.54) is 28.0 Å². The van der Waals surface area contributed by atoms with Gasteiger partial charge in [-0.25, -0.2) is 0 Å². The van der Waals surface area contributed by atoms with Crippen LogP contribution in [0.4, 0.5) is 5.13 Å². The van der Waals surface area contributed by atoms with Crippen molar-refractivity contribution in [1.82, 2.24) is 15.2 Å². The molecular formula is C25H17BrN4O3S2. The number of rotatable bonds is 6. The van der Waals surface area contributed by atoms with Crippen molar-refractivity contribution in [2.24, 2.45) is 0 Å². The number of aromatic nitrogens is 3. The fourth-order valence-corrected chi connectivity index (χ4v) is 5.82. The summed E-state index contributed by atoms with van der Waals surface area (Å²) in [6.07, 6.45) is 3.16. The number of aliphatic hydroxyl groups is 1. The van der Waals surface area contributed by atoms with Gasteiger partial charge in [0.15, 0.2) is 4.34 Å². The normalized spacial score (nSPS) is 17.2. The first-order chi connectivity index (χ1) is 17.0. The Labute approximate surface area is 217 Å². The molecule has 0 radical (unpaired) electrons. The van der Waals surface area contributed by atoms with Crippen LogP contribution in [0.2, 0.25) is 0 Å². The third-order valence-electron chi connectivity index (χ3n) is 5.39. The zero-order valence-electron chi connectivity index (χ0n) is 18.0. The summed E-state index contributed by atoms with van der Waals surface area (Å²) in [5.41, 5.74) is 2.20. The summed E-state index contributed by atoms with van der Waals surface area (Å²) in [7, 11) is 0. The Morgan fingerprint density at radius 2 is 1.71 bits per heavy atom. The van der Waals surface area contributed by atoms with Crippen LogP contribution in [0.5, 0.6) is 0 Å². The molecule has 1 N–H and O–H groups in total. The van der Waals surface area contributed by atoms with Gasteiger partial charge in [0.25, 0.3) is 5.78 Å². The van der Waals surface area contributed by atoms with Crippen LogP contribution in [0, 0.1) is 0 Å². The maximum absolute atomic E-state index is 13.2. The van der Waals surface area contributed by atoms with Gasteiger partial charge in [-0.15, -0.1) is 10.2 Å². The summed E-state index contributed by atoms with van der Waals surface area (Å²) in [6.45, 7) is 0. The largest absolute Gasteiger partial charge is 0.507 e. The SMILES string of the molecule is O=C1C(=O)N(c2nnc(SCc3ccccc3)s2)C(c2ccncc2)/C1=C(/O)c1ccc(Br)cc1. The van der Waals surface area contributed by atoms with Crippen LogP contribution in [-0.2, 0) is 15.3 Å². The van der Waals surface area contributed by atoms with E-state index in [1.807, 2.05) is 30.3 Å². The lowest BCUT2D eigenvalue weighted by Crippen LogP contribution is -2.29. The first kappa shape index (κ1) is 23.4. The van der Waals surface area contributed by atoms with Crippen molar-refractivity contribution >= 4 is 61.6 Å². The molecule has 1 unspecified atom stereocenters. The first-order valence-corrected chi connectivity index (χ1v) is 13.1. The Morgan fingerprint density at radius 1 is 1.00 bits per heavy atom. The molecule has 0 spiro atoms. The second-order valence-electron chi connectivity index (χ2n) is 7.58. The predicted octanol–water partition coefficient (Wildman–Crippen LogP) is 5.61. The average Bonchev–Trinajstić information content (AvgIpc) is 3.46. The molecule has 5 rings (SSSR count). The quantitative estimate of drug-likeness (QED) is 0.107. The molecule has 1 fully saturated rings. The number of Topliss-reactive ketones (excluding diaryl/α,β-unsaturated/α-hetero) is 1. The lowest BCUT2D eigenvalue weighted by Gasteiger charge is -2.22. The smallest absolute Gasteiger partial charge is 0.301 e. The van der Waals surface area contributed by atoms with Gasteiger partial charge >= 0.3 is 5.91 Å². The topological polar surface area (TPSA) is 96.3 Å². The molecule has 0 bridgehead atoms. The van der Waals surface area contributed by atoms with E-state index in [2.05, 4.69) is 31.1 Å². The fourth-order valence-electron chi connectivity index (χ4n) is 3.73. The molecule has 35 heavy (non-hydrogen) atoms. The van der Waals surface area contributed by atoms with Gasteiger partial charge in [-0.3, -0.25) is 19.5 Å².